The van der Waals surface area contributed by atoms with Crippen LogP contribution in [0.25, 0.3) is 6.08 Å². The minimum atomic E-state index is -0.309. The van der Waals surface area contributed by atoms with Crippen molar-refractivity contribution in [3.63, 3.8) is 0 Å². The van der Waals surface area contributed by atoms with Gasteiger partial charge in [-0.15, -0.1) is 0 Å². The third-order valence-corrected chi connectivity index (χ3v) is 7.71. The van der Waals surface area contributed by atoms with Crippen LogP contribution >= 0.6 is 0 Å². The monoisotopic (exact) mass is 395 g/mol. The van der Waals surface area contributed by atoms with E-state index < -0.39 is 0 Å². The van der Waals surface area contributed by atoms with E-state index in [-0.39, 0.29) is 17.8 Å². The Morgan fingerprint density at radius 3 is 2.80 bits per heavy atom. The Labute approximate surface area is 177 Å². The maximum atomic E-state index is 6.08. The number of aryl methyl sites for hydroxylation is 1. The zero-order valence-corrected chi connectivity index (χ0v) is 17.8. The molecule has 0 radical (unpaired) electrons. The molecule has 3 heteroatoms. The molecule has 5 atom stereocenters. The summed E-state index contributed by atoms with van der Waals surface area (Å²) in [5, 5.41) is 0. The average Bonchev–Trinajstić information content (AvgIpc) is 3.57. The molecule has 2 aromatic carbocycles. The number of allylic oxidation sites excluding steroid dienone is 1. The number of fused-ring (bicyclic) bond motifs is 5. The van der Waals surface area contributed by atoms with Gasteiger partial charge in [0, 0.05) is 5.69 Å². The molecular weight excluding hydrogens is 370 g/mol. The van der Waals surface area contributed by atoms with E-state index >= 15 is 0 Å². The lowest BCUT2D eigenvalue weighted by Gasteiger charge is -2.39. The van der Waals surface area contributed by atoms with Gasteiger partial charge in [0.15, 0.2) is 0 Å². The van der Waals surface area contributed by atoms with Crippen LogP contribution in [0.2, 0.25) is 0 Å². The van der Waals surface area contributed by atoms with Gasteiger partial charge in [-0.05, 0) is 84.9 Å². The van der Waals surface area contributed by atoms with Crippen molar-refractivity contribution in [2.75, 3.05) is 4.90 Å². The predicted molar refractivity (Wildman–Crippen MR) is 118 cm³/mol. The van der Waals surface area contributed by atoms with Crippen LogP contribution in [0.1, 0.15) is 53.3 Å². The first-order valence-corrected chi connectivity index (χ1v) is 10.9. The van der Waals surface area contributed by atoms with E-state index in [1.165, 1.54) is 39.1 Å². The molecule has 3 aliphatic heterocycles. The summed E-state index contributed by atoms with van der Waals surface area (Å²) in [6.07, 6.45) is 8.75. The highest BCUT2D eigenvalue weighted by Gasteiger charge is 2.79. The molecule has 0 bridgehead atoms. The second-order valence-electron chi connectivity index (χ2n) is 9.36. The molecule has 3 heterocycles. The lowest BCUT2D eigenvalue weighted by atomic mass is 9.89. The molecule has 0 N–H and O–H groups in total. The second kappa shape index (κ2) is 5.28. The highest BCUT2D eigenvalue weighted by Crippen LogP contribution is 2.78. The van der Waals surface area contributed by atoms with Crippen LogP contribution in [0, 0.1) is 13.8 Å². The van der Waals surface area contributed by atoms with Crippen LogP contribution in [0.15, 0.2) is 59.9 Å². The van der Waals surface area contributed by atoms with Crippen molar-refractivity contribution in [1.82, 2.24) is 0 Å². The van der Waals surface area contributed by atoms with E-state index in [2.05, 4.69) is 74.2 Å². The second-order valence-corrected chi connectivity index (χ2v) is 9.36. The highest BCUT2D eigenvalue weighted by atomic mass is 16.7. The van der Waals surface area contributed by atoms with Crippen molar-refractivity contribution in [2.45, 2.75) is 57.6 Å². The normalized spacial score (nSPS) is 35.0. The van der Waals surface area contributed by atoms with Gasteiger partial charge in [-0.2, -0.15) is 0 Å². The summed E-state index contributed by atoms with van der Waals surface area (Å²) in [6, 6.07) is 11.9. The largest absolute Gasteiger partial charge is 0.466 e. The molecule has 0 saturated heterocycles. The van der Waals surface area contributed by atoms with E-state index in [1.807, 2.05) is 13.0 Å². The Bertz CT molecular complexity index is 1240. The van der Waals surface area contributed by atoms with Gasteiger partial charge in [0.25, 0.3) is 0 Å². The number of hydrogen-bond donors (Lipinski definition) is 0. The van der Waals surface area contributed by atoms with Gasteiger partial charge in [-0.1, -0.05) is 36.4 Å². The Morgan fingerprint density at radius 1 is 1.13 bits per heavy atom. The number of nitrogens with zero attached hydrogens (tertiary/aromatic N) is 1. The number of ether oxygens (including phenoxy) is 2. The molecule has 5 unspecified atom stereocenters. The zero-order chi connectivity index (χ0) is 20.4. The molecule has 7 rings (SSSR count). The minimum Gasteiger partial charge on any atom is -0.466 e. The average molecular weight is 396 g/mol. The SMILES string of the molecule is CC1=CC(C)OC(/C=C2\C3N4c5ccccc5C=CC4c4c(C)c(C)cc5c4C253)O1. The number of rotatable bonds is 1. The maximum absolute atomic E-state index is 6.08. The molecule has 30 heavy (non-hydrogen) atoms. The van der Waals surface area contributed by atoms with E-state index in [9.17, 15) is 0 Å². The predicted octanol–water partition coefficient (Wildman–Crippen LogP) is 5.46. The maximum Gasteiger partial charge on any atom is 0.220 e. The van der Waals surface area contributed by atoms with Crippen LogP contribution in [0.4, 0.5) is 5.69 Å². The van der Waals surface area contributed by atoms with Gasteiger partial charge in [-0.25, -0.2) is 0 Å². The summed E-state index contributed by atoms with van der Waals surface area (Å²) in [5.74, 6) is 0.946. The van der Waals surface area contributed by atoms with E-state index in [0.29, 0.717) is 12.1 Å². The van der Waals surface area contributed by atoms with Crippen molar-refractivity contribution >= 4 is 11.8 Å². The molecule has 2 aliphatic carbocycles. The van der Waals surface area contributed by atoms with Gasteiger partial charge in [0.2, 0.25) is 6.29 Å². The van der Waals surface area contributed by atoms with Crippen molar-refractivity contribution in [3.05, 3.63) is 93.3 Å². The number of hydrogen-bond acceptors (Lipinski definition) is 3. The summed E-state index contributed by atoms with van der Waals surface area (Å²) in [4.78, 5) is 2.65. The highest BCUT2D eigenvalue weighted by molar-refractivity contribution is 5.92. The standard InChI is InChI=1S/C27H25NO2/c1-14-11-19-25-24(17(14)4)22-10-9-18-7-5-6-8-21(18)28(22)26-20(27(19,25)26)13-23-29-15(2)12-16(3)30-23/h5-13,15,22-23,26H,1-4H3/b20-13+. The van der Waals surface area contributed by atoms with Gasteiger partial charge in [-0.3, -0.25) is 0 Å². The van der Waals surface area contributed by atoms with Crippen molar-refractivity contribution in [2.24, 2.45) is 0 Å². The third-order valence-electron chi connectivity index (χ3n) is 7.71. The minimum absolute atomic E-state index is 0.0758. The Balaban J connectivity index is 1.41. The first kappa shape index (κ1) is 17.0. The van der Waals surface area contributed by atoms with Crippen LogP contribution in [0.5, 0.6) is 0 Å². The van der Waals surface area contributed by atoms with Crippen molar-refractivity contribution in [1.29, 1.82) is 0 Å². The molecule has 3 nitrogen and oxygen atoms in total. The molecule has 1 spiro atoms. The first-order chi connectivity index (χ1) is 14.5. The number of benzene rings is 2. The van der Waals surface area contributed by atoms with E-state index in [1.54, 1.807) is 5.56 Å². The fraction of sp³-hybridized carbons (Fsp3) is 0.333. The Morgan fingerprint density at radius 2 is 1.97 bits per heavy atom. The smallest absolute Gasteiger partial charge is 0.220 e. The summed E-state index contributed by atoms with van der Waals surface area (Å²) < 4.78 is 12.1. The molecule has 2 aromatic rings. The molecule has 5 aliphatic rings. The zero-order valence-electron chi connectivity index (χ0n) is 17.8. The number of para-hydroxylation sites is 1. The molecule has 1 saturated carbocycles. The lowest BCUT2D eigenvalue weighted by Crippen LogP contribution is -2.37. The fourth-order valence-corrected chi connectivity index (χ4v) is 6.34. The van der Waals surface area contributed by atoms with Gasteiger partial charge in [0.1, 0.15) is 0 Å². The Hall–Kier alpha value is -2.78. The summed E-state index contributed by atoms with van der Waals surface area (Å²) in [7, 11) is 0. The Kier molecular flexibility index (Phi) is 2.98. The van der Waals surface area contributed by atoms with Gasteiger partial charge < -0.3 is 14.4 Å². The first-order valence-electron chi connectivity index (χ1n) is 10.9. The lowest BCUT2D eigenvalue weighted by molar-refractivity contribution is -0.119. The fourth-order valence-electron chi connectivity index (χ4n) is 6.34. The van der Waals surface area contributed by atoms with E-state index in [0.717, 1.165) is 5.76 Å². The van der Waals surface area contributed by atoms with Crippen LogP contribution < -0.4 is 4.90 Å². The van der Waals surface area contributed by atoms with Crippen LogP contribution in [-0.4, -0.2) is 18.4 Å². The summed E-state index contributed by atoms with van der Waals surface area (Å²) >= 11 is 0. The van der Waals surface area contributed by atoms with E-state index in [4.69, 9.17) is 9.47 Å². The van der Waals surface area contributed by atoms with Gasteiger partial charge in [0.05, 0.1) is 29.4 Å². The van der Waals surface area contributed by atoms with Gasteiger partial charge >= 0.3 is 0 Å². The summed E-state index contributed by atoms with van der Waals surface area (Å²) in [6.45, 7) is 8.64. The van der Waals surface area contributed by atoms with Crippen LogP contribution in [-0.2, 0) is 14.9 Å². The summed E-state index contributed by atoms with van der Waals surface area (Å²) in [5.41, 5.74) is 11.6. The topological polar surface area (TPSA) is 21.7 Å². The van der Waals surface area contributed by atoms with Crippen molar-refractivity contribution in [3.8, 4) is 0 Å². The molecule has 0 amide bonds. The number of anilines is 1. The third kappa shape index (κ3) is 1.86. The van der Waals surface area contributed by atoms with Crippen LogP contribution in [0.3, 0.4) is 0 Å². The molecule has 150 valence electrons. The molecule has 0 aromatic heterocycles. The molecule has 1 fully saturated rings. The van der Waals surface area contributed by atoms with Crippen molar-refractivity contribution < 1.29 is 9.47 Å². The quantitative estimate of drug-likeness (QED) is 0.598. The molecular formula is C27H25NO2.